The van der Waals surface area contributed by atoms with Crippen LogP contribution >= 0.6 is 0 Å². The summed E-state index contributed by atoms with van der Waals surface area (Å²) in [5.41, 5.74) is 0. The molecule has 2 fully saturated rings. The zero-order chi connectivity index (χ0) is 8.55. The van der Waals surface area contributed by atoms with Crippen LogP contribution in [0, 0.1) is 0 Å². The van der Waals surface area contributed by atoms with Gasteiger partial charge in [0.05, 0.1) is 0 Å². The Morgan fingerprint density at radius 1 is 1.00 bits per heavy atom. The number of cyclic esters (lactones) is 2. The number of rotatable bonds is 0. The summed E-state index contributed by atoms with van der Waals surface area (Å²) in [6, 6.07) is 0. The molecule has 0 amide bonds. The summed E-state index contributed by atoms with van der Waals surface area (Å²) in [5.74, 6) is -1.03. The predicted molar refractivity (Wildman–Crippen MR) is 38.2 cm³/mol. The highest BCUT2D eigenvalue weighted by Crippen LogP contribution is 2.24. The average molecular weight is 170 g/mol. The van der Waals surface area contributed by atoms with Gasteiger partial charge in [-0.3, -0.25) is 0 Å². The predicted octanol–water partition coefficient (Wildman–Crippen LogP) is 0.398. The maximum absolute atomic E-state index is 11.0. The summed E-state index contributed by atoms with van der Waals surface area (Å²) in [7, 11) is 0. The van der Waals surface area contributed by atoms with E-state index in [1.54, 1.807) is 0 Å². The number of carbonyl (C=O) groups excluding carboxylic acids is 2. The topological polar surface area (TPSA) is 52.6 Å². The first-order chi connectivity index (χ1) is 5.77. The molecule has 2 aliphatic heterocycles. The van der Waals surface area contributed by atoms with Crippen molar-refractivity contribution in [2.45, 2.75) is 37.9 Å². The smallest absolute Gasteiger partial charge is 0.342 e. The maximum atomic E-state index is 11.0. The van der Waals surface area contributed by atoms with Gasteiger partial charge in [-0.25, -0.2) is 9.59 Å². The summed E-state index contributed by atoms with van der Waals surface area (Å²) < 4.78 is 9.78. The van der Waals surface area contributed by atoms with Gasteiger partial charge in [-0.15, -0.1) is 0 Å². The zero-order valence-corrected chi connectivity index (χ0v) is 6.62. The molecule has 2 saturated heterocycles. The fourth-order valence-corrected chi connectivity index (χ4v) is 1.57. The highest BCUT2D eigenvalue weighted by molar-refractivity contribution is 5.92. The molecular weight excluding hydrogens is 160 g/mol. The van der Waals surface area contributed by atoms with Crippen LogP contribution < -0.4 is 0 Å². The molecule has 4 heteroatoms. The number of fused-ring (bicyclic) bond motifs is 2. The third-order valence-electron chi connectivity index (χ3n) is 2.24. The highest BCUT2D eigenvalue weighted by Gasteiger charge is 2.38. The van der Waals surface area contributed by atoms with Crippen molar-refractivity contribution >= 4 is 11.9 Å². The van der Waals surface area contributed by atoms with Crippen molar-refractivity contribution in [2.24, 2.45) is 0 Å². The summed E-state index contributed by atoms with van der Waals surface area (Å²) in [5, 5.41) is 0. The van der Waals surface area contributed by atoms with Crippen molar-refractivity contribution in [3.05, 3.63) is 0 Å². The van der Waals surface area contributed by atoms with Crippen LogP contribution in [0.5, 0.6) is 0 Å². The lowest BCUT2D eigenvalue weighted by Gasteiger charge is -2.23. The third kappa shape index (κ3) is 1.22. The Kier molecular flexibility index (Phi) is 1.84. The molecule has 2 atom stereocenters. The lowest BCUT2D eigenvalue weighted by Crippen LogP contribution is -2.42. The summed E-state index contributed by atoms with van der Waals surface area (Å²) in [6.45, 7) is 0. The number of hydrogen-bond acceptors (Lipinski definition) is 4. The van der Waals surface area contributed by atoms with Crippen molar-refractivity contribution in [3.63, 3.8) is 0 Å². The summed E-state index contributed by atoms with van der Waals surface area (Å²) >= 11 is 0. The van der Waals surface area contributed by atoms with Crippen LogP contribution in [0.25, 0.3) is 0 Å². The van der Waals surface area contributed by atoms with Crippen LogP contribution in [0.4, 0.5) is 0 Å². The maximum Gasteiger partial charge on any atom is 0.342 e. The molecule has 0 saturated carbocycles. The van der Waals surface area contributed by atoms with Gasteiger partial charge in [-0.05, 0) is 12.8 Å². The van der Waals surface area contributed by atoms with Crippen molar-refractivity contribution in [2.75, 3.05) is 0 Å². The molecule has 4 nitrogen and oxygen atoms in total. The largest absolute Gasteiger partial charge is 0.389 e. The van der Waals surface area contributed by atoms with Crippen LogP contribution in [0.15, 0.2) is 0 Å². The molecule has 0 N–H and O–H groups in total. The standard InChI is InChI=1S/C8H10O4/c9-7-5-3-1-2-4-6(11-5)8(10)12-7/h5-6H,1-4H2. The quantitative estimate of drug-likeness (QED) is 0.390. The molecule has 0 aromatic heterocycles. The van der Waals surface area contributed by atoms with Gasteiger partial charge >= 0.3 is 11.9 Å². The van der Waals surface area contributed by atoms with Gasteiger partial charge in [0.25, 0.3) is 0 Å². The molecule has 2 bridgehead atoms. The Labute approximate surface area is 69.8 Å². The van der Waals surface area contributed by atoms with Crippen molar-refractivity contribution in [1.29, 1.82) is 0 Å². The van der Waals surface area contributed by atoms with Gasteiger partial charge in [-0.1, -0.05) is 12.8 Å². The Bertz CT molecular complexity index is 201. The van der Waals surface area contributed by atoms with Gasteiger partial charge < -0.3 is 9.47 Å². The average Bonchev–Trinajstić information content (AvgIpc) is 2.24. The lowest BCUT2D eigenvalue weighted by molar-refractivity contribution is -0.192. The molecule has 0 aliphatic carbocycles. The fourth-order valence-electron chi connectivity index (χ4n) is 1.57. The molecule has 0 aromatic rings. The van der Waals surface area contributed by atoms with Gasteiger partial charge in [0, 0.05) is 0 Å². The van der Waals surface area contributed by atoms with Gasteiger partial charge in [0.15, 0.2) is 12.2 Å². The number of ether oxygens (including phenoxy) is 2. The number of hydrogen-bond donors (Lipinski definition) is 0. The summed E-state index contributed by atoms with van der Waals surface area (Å²) in [6.07, 6.45) is 2.25. The minimum absolute atomic E-state index is 0.491. The number of carbonyl (C=O) groups is 2. The molecule has 2 rings (SSSR count). The van der Waals surface area contributed by atoms with E-state index in [1.165, 1.54) is 0 Å². The number of esters is 2. The molecule has 0 aromatic carbocycles. The molecule has 2 heterocycles. The minimum atomic E-state index is -0.516. The lowest BCUT2D eigenvalue weighted by atomic mass is 10.1. The first kappa shape index (κ1) is 7.73. The van der Waals surface area contributed by atoms with E-state index in [0.29, 0.717) is 12.8 Å². The molecule has 2 unspecified atom stereocenters. The Balaban J connectivity index is 2.16. The van der Waals surface area contributed by atoms with Gasteiger partial charge in [-0.2, -0.15) is 0 Å². The van der Waals surface area contributed by atoms with Gasteiger partial charge in [0.1, 0.15) is 0 Å². The Morgan fingerprint density at radius 2 is 1.50 bits per heavy atom. The molecule has 12 heavy (non-hydrogen) atoms. The molecule has 2 aliphatic rings. The zero-order valence-electron chi connectivity index (χ0n) is 6.62. The van der Waals surface area contributed by atoms with E-state index in [-0.39, 0.29) is 0 Å². The third-order valence-corrected chi connectivity index (χ3v) is 2.24. The SMILES string of the molecule is O=C1OC(=O)C2CCCCC1O2. The second kappa shape index (κ2) is 2.86. The van der Waals surface area contributed by atoms with Crippen molar-refractivity contribution in [1.82, 2.24) is 0 Å². The second-order valence-corrected chi connectivity index (χ2v) is 3.14. The minimum Gasteiger partial charge on any atom is -0.389 e. The first-order valence-corrected chi connectivity index (χ1v) is 4.18. The molecule has 66 valence electrons. The van der Waals surface area contributed by atoms with E-state index >= 15 is 0 Å². The molecule has 0 radical (unpaired) electrons. The van der Waals surface area contributed by atoms with Crippen LogP contribution in [0.2, 0.25) is 0 Å². The van der Waals surface area contributed by atoms with Crippen molar-refractivity contribution in [3.8, 4) is 0 Å². The normalized spacial score (nSPS) is 35.7. The monoisotopic (exact) mass is 170 g/mol. The van der Waals surface area contributed by atoms with E-state index in [1.807, 2.05) is 0 Å². The van der Waals surface area contributed by atoms with E-state index in [0.717, 1.165) is 12.8 Å². The molecule has 0 spiro atoms. The van der Waals surface area contributed by atoms with Crippen LogP contribution in [-0.2, 0) is 19.1 Å². The van der Waals surface area contributed by atoms with Crippen LogP contribution in [0.3, 0.4) is 0 Å². The van der Waals surface area contributed by atoms with E-state index in [4.69, 9.17) is 4.74 Å². The van der Waals surface area contributed by atoms with Gasteiger partial charge in [0.2, 0.25) is 0 Å². The van der Waals surface area contributed by atoms with Crippen LogP contribution in [0.1, 0.15) is 25.7 Å². The first-order valence-electron chi connectivity index (χ1n) is 4.18. The van der Waals surface area contributed by atoms with Crippen molar-refractivity contribution < 1.29 is 19.1 Å². The highest BCUT2D eigenvalue weighted by atomic mass is 16.6. The second-order valence-electron chi connectivity index (χ2n) is 3.14. The summed E-state index contributed by atoms with van der Waals surface area (Å²) in [4.78, 5) is 22.0. The molecular formula is C8H10O4. The Hall–Kier alpha value is -0.900. The van der Waals surface area contributed by atoms with Crippen LogP contribution in [-0.4, -0.2) is 24.1 Å². The Morgan fingerprint density at radius 3 is 2.00 bits per heavy atom. The van der Waals surface area contributed by atoms with E-state index < -0.39 is 24.1 Å². The van der Waals surface area contributed by atoms with E-state index in [9.17, 15) is 9.59 Å². The van der Waals surface area contributed by atoms with E-state index in [2.05, 4.69) is 4.74 Å². The fraction of sp³-hybridized carbons (Fsp3) is 0.750.